The minimum atomic E-state index is 0.352. The van der Waals surface area contributed by atoms with Crippen molar-refractivity contribution in [1.29, 1.82) is 0 Å². The smallest absolute Gasteiger partial charge is 0.119 e. The number of anilines is 1. The highest BCUT2D eigenvalue weighted by atomic mass is 16.5. The number of benzene rings is 1. The van der Waals surface area contributed by atoms with Crippen LogP contribution in [0.3, 0.4) is 0 Å². The van der Waals surface area contributed by atoms with Gasteiger partial charge in [0.1, 0.15) is 5.75 Å². The van der Waals surface area contributed by atoms with Gasteiger partial charge in [-0.25, -0.2) is 0 Å². The molecule has 98 valence electrons. The van der Waals surface area contributed by atoms with Gasteiger partial charge in [-0.3, -0.25) is 0 Å². The first kappa shape index (κ1) is 11.8. The summed E-state index contributed by atoms with van der Waals surface area (Å²) < 4.78 is 5.41. The van der Waals surface area contributed by atoms with Crippen molar-refractivity contribution in [2.45, 2.75) is 25.2 Å². The lowest BCUT2D eigenvalue weighted by Gasteiger charge is -2.35. The van der Waals surface area contributed by atoms with Crippen LogP contribution in [0.25, 0.3) is 0 Å². The fraction of sp³-hybridized carbons (Fsp3) is 0.600. The van der Waals surface area contributed by atoms with E-state index >= 15 is 0 Å². The molecule has 1 aromatic rings. The number of ether oxygens (including phenoxy) is 1. The van der Waals surface area contributed by atoms with Gasteiger partial charge in [-0.05, 0) is 56.6 Å². The van der Waals surface area contributed by atoms with Crippen LogP contribution in [0.1, 0.15) is 25.3 Å². The lowest BCUT2D eigenvalue weighted by atomic mass is 9.75. The third kappa shape index (κ3) is 1.69. The van der Waals surface area contributed by atoms with Gasteiger partial charge in [0.25, 0.3) is 0 Å². The minimum absolute atomic E-state index is 0.352. The molecular weight excluding hydrogens is 224 g/mol. The third-order valence-corrected chi connectivity index (χ3v) is 4.55. The van der Waals surface area contributed by atoms with E-state index in [0.29, 0.717) is 5.41 Å². The molecule has 18 heavy (non-hydrogen) atoms. The first-order chi connectivity index (χ1) is 8.79. The number of rotatable bonds is 2. The summed E-state index contributed by atoms with van der Waals surface area (Å²) in [6.45, 7) is 6.78. The summed E-state index contributed by atoms with van der Waals surface area (Å²) in [5.41, 5.74) is 3.27. The molecular formula is C15H22N2O. The monoisotopic (exact) mass is 246 g/mol. The highest BCUT2D eigenvalue weighted by molar-refractivity contribution is 5.64. The first-order valence-electron chi connectivity index (χ1n) is 6.93. The Balaban J connectivity index is 2.05. The van der Waals surface area contributed by atoms with Crippen LogP contribution in [0.2, 0.25) is 0 Å². The Morgan fingerprint density at radius 1 is 1.33 bits per heavy atom. The van der Waals surface area contributed by atoms with E-state index < -0.39 is 0 Å². The summed E-state index contributed by atoms with van der Waals surface area (Å²) in [6.07, 6.45) is 2.48. The van der Waals surface area contributed by atoms with Crippen LogP contribution in [0.5, 0.6) is 5.75 Å². The lowest BCUT2D eigenvalue weighted by Crippen LogP contribution is -2.43. The van der Waals surface area contributed by atoms with E-state index in [-0.39, 0.29) is 0 Å². The number of hydrogen-bond acceptors (Lipinski definition) is 3. The predicted octanol–water partition coefficient (Wildman–Crippen LogP) is 2.16. The van der Waals surface area contributed by atoms with Crippen LogP contribution < -0.4 is 15.0 Å². The van der Waals surface area contributed by atoms with E-state index in [4.69, 9.17) is 4.74 Å². The van der Waals surface area contributed by atoms with Gasteiger partial charge in [-0.15, -0.1) is 0 Å². The van der Waals surface area contributed by atoms with Gasteiger partial charge in [0, 0.05) is 24.2 Å². The number of nitrogens with one attached hydrogen (secondary N) is 1. The summed E-state index contributed by atoms with van der Waals surface area (Å²) in [5.74, 6) is 0.990. The average Bonchev–Trinajstić information content (AvgIpc) is 2.73. The Kier molecular flexibility index (Phi) is 2.94. The summed E-state index contributed by atoms with van der Waals surface area (Å²) in [4.78, 5) is 2.51. The lowest BCUT2D eigenvalue weighted by molar-refractivity contribution is 0.324. The molecule has 0 bridgehead atoms. The Labute approximate surface area is 109 Å². The van der Waals surface area contributed by atoms with Crippen molar-refractivity contribution in [3.8, 4) is 5.75 Å². The Morgan fingerprint density at radius 3 is 2.78 bits per heavy atom. The molecule has 1 aromatic carbocycles. The van der Waals surface area contributed by atoms with E-state index in [0.717, 1.165) is 25.4 Å². The zero-order valence-electron chi connectivity index (χ0n) is 11.3. The van der Waals surface area contributed by atoms with E-state index in [1.807, 2.05) is 0 Å². The molecule has 0 radical (unpaired) electrons. The van der Waals surface area contributed by atoms with Crippen molar-refractivity contribution in [2.24, 2.45) is 0 Å². The Bertz CT molecular complexity index is 438. The van der Waals surface area contributed by atoms with E-state index in [2.05, 4.69) is 35.3 Å². The zero-order chi connectivity index (χ0) is 12.6. The quantitative estimate of drug-likeness (QED) is 0.865. The average molecular weight is 246 g/mol. The van der Waals surface area contributed by atoms with E-state index in [1.165, 1.54) is 30.6 Å². The number of hydrogen-bond donors (Lipinski definition) is 1. The van der Waals surface area contributed by atoms with Crippen molar-refractivity contribution in [3.63, 3.8) is 0 Å². The molecule has 1 fully saturated rings. The van der Waals surface area contributed by atoms with Crippen molar-refractivity contribution in [3.05, 3.63) is 23.8 Å². The van der Waals surface area contributed by atoms with Gasteiger partial charge in [0.2, 0.25) is 0 Å². The van der Waals surface area contributed by atoms with Gasteiger partial charge >= 0.3 is 0 Å². The fourth-order valence-electron chi connectivity index (χ4n) is 3.49. The molecule has 3 heteroatoms. The molecule has 2 aliphatic rings. The second kappa shape index (κ2) is 4.47. The molecule has 0 atom stereocenters. The number of fused-ring (bicyclic) bond motifs is 2. The van der Waals surface area contributed by atoms with Crippen LogP contribution in [0.15, 0.2) is 18.2 Å². The molecule has 2 heterocycles. The SMILES string of the molecule is CCN1CC2(CCNCC2)c2cc(OC)ccc21. The number of piperidine rings is 1. The minimum Gasteiger partial charge on any atom is -0.497 e. The summed E-state index contributed by atoms with van der Waals surface area (Å²) in [7, 11) is 1.75. The third-order valence-electron chi connectivity index (χ3n) is 4.55. The maximum Gasteiger partial charge on any atom is 0.119 e. The molecule has 0 aromatic heterocycles. The largest absolute Gasteiger partial charge is 0.497 e. The second-order valence-electron chi connectivity index (χ2n) is 5.43. The van der Waals surface area contributed by atoms with Crippen molar-refractivity contribution in [2.75, 3.05) is 38.2 Å². The molecule has 0 saturated carbocycles. The van der Waals surface area contributed by atoms with Crippen molar-refractivity contribution < 1.29 is 4.74 Å². The molecule has 3 rings (SSSR count). The van der Waals surface area contributed by atoms with Crippen LogP contribution in [0.4, 0.5) is 5.69 Å². The van der Waals surface area contributed by atoms with Crippen molar-refractivity contribution >= 4 is 5.69 Å². The first-order valence-corrected chi connectivity index (χ1v) is 6.93. The normalized spacial score (nSPS) is 21.1. The van der Waals surface area contributed by atoms with E-state index in [9.17, 15) is 0 Å². The summed E-state index contributed by atoms with van der Waals surface area (Å²) in [6, 6.07) is 6.58. The van der Waals surface area contributed by atoms with Gasteiger partial charge < -0.3 is 15.0 Å². The topological polar surface area (TPSA) is 24.5 Å². The highest BCUT2D eigenvalue weighted by Crippen LogP contribution is 2.47. The van der Waals surface area contributed by atoms with Crippen LogP contribution in [-0.4, -0.2) is 33.3 Å². The molecule has 0 amide bonds. The van der Waals surface area contributed by atoms with Crippen molar-refractivity contribution in [1.82, 2.24) is 5.32 Å². The molecule has 1 N–H and O–H groups in total. The van der Waals surface area contributed by atoms with Gasteiger partial charge in [0.05, 0.1) is 7.11 Å². The zero-order valence-corrected chi connectivity index (χ0v) is 11.3. The summed E-state index contributed by atoms with van der Waals surface area (Å²) in [5, 5.41) is 3.48. The van der Waals surface area contributed by atoms with Crippen LogP contribution >= 0.6 is 0 Å². The van der Waals surface area contributed by atoms with E-state index in [1.54, 1.807) is 7.11 Å². The molecule has 1 spiro atoms. The molecule has 3 nitrogen and oxygen atoms in total. The highest BCUT2D eigenvalue weighted by Gasteiger charge is 2.42. The van der Waals surface area contributed by atoms with Gasteiger partial charge in [-0.1, -0.05) is 0 Å². The maximum absolute atomic E-state index is 5.41. The standard InChI is InChI=1S/C15H22N2O/c1-3-17-11-15(6-8-16-9-7-15)13-10-12(18-2)4-5-14(13)17/h4-5,10,16H,3,6-9,11H2,1-2H3. The van der Waals surface area contributed by atoms with Gasteiger partial charge in [0.15, 0.2) is 0 Å². The molecule has 0 unspecified atom stereocenters. The second-order valence-corrected chi connectivity index (χ2v) is 5.43. The number of likely N-dealkylation sites (N-methyl/N-ethyl adjacent to an activating group) is 1. The Morgan fingerprint density at radius 2 is 2.11 bits per heavy atom. The van der Waals surface area contributed by atoms with Crippen LogP contribution in [0, 0.1) is 0 Å². The molecule has 1 saturated heterocycles. The number of nitrogens with zero attached hydrogens (tertiary/aromatic N) is 1. The fourth-order valence-corrected chi connectivity index (χ4v) is 3.49. The molecule has 0 aliphatic carbocycles. The number of methoxy groups -OCH3 is 1. The van der Waals surface area contributed by atoms with Crippen LogP contribution in [-0.2, 0) is 5.41 Å². The van der Waals surface area contributed by atoms with Gasteiger partial charge in [-0.2, -0.15) is 0 Å². The Hall–Kier alpha value is -1.22. The maximum atomic E-state index is 5.41. The predicted molar refractivity (Wildman–Crippen MR) is 74.7 cm³/mol. The summed E-state index contributed by atoms with van der Waals surface area (Å²) >= 11 is 0. The molecule has 2 aliphatic heterocycles.